The van der Waals surface area contributed by atoms with Gasteiger partial charge in [-0.25, -0.2) is 0 Å². The fourth-order valence-electron chi connectivity index (χ4n) is 2.46. The lowest BCUT2D eigenvalue weighted by molar-refractivity contribution is 0.269. The molecule has 142 valence electrons. The Morgan fingerprint density at radius 2 is 1.73 bits per heavy atom. The lowest BCUT2D eigenvalue weighted by Crippen LogP contribution is -2.26. The first kappa shape index (κ1) is 20.6. The second-order valence-electron chi connectivity index (χ2n) is 6.58. The summed E-state index contributed by atoms with van der Waals surface area (Å²) in [6.45, 7) is 7.68. The number of halogens is 1. The maximum atomic E-state index is 6.46. The van der Waals surface area contributed by atoms with Gasteiger partial charge in [-0.1, -0.05) is 41.4 Å². The van der Waals surface area contributed by atoms with Gasteiger partial charge in [0.25, 0.3) is 0 Å². The molecule has 1 N–H and O–H groups in total. The third-order valence-corrected chi connectivity index (χ3v) is 4.33. The van der Waals surface area contributed by atoms with Crippen molar-refractivity contribution < 1.29 is 9.47 Å². The highest BCUT2D eigenvalue weighted by Gasteiger charge is 2.11. The van der Waals surface area contributed by atoms with Crippen molar-refractivity contribution >= 4 is 11.6 Å². The van der Waals surface area contributed by atoms with Crippen molar-refractivity contribution in [3.8, 4) is 11.5 Å². The molecule has 0 bridgehead atoms. The van der Waals surface area contributed by atoms with Crippen molar-refractivity contribution in [2.45, 2.75) is 27.0 Å². The van der Waals surface area contributed by atoms with Crippen molar-refractivity contribution in [3.05, 3.63) is 58.1 Å². The topological polar surface area (TPSA) is 33.7 Å². The Balaban J connectivity index is 2.05. The van der Waals surface area contributed by atoms with Crippen LogP contribution < -0.4 is 14.8 Å². The van der Waals surface area contributed by atoms with Crippen LogP contribution in [0, 0.1) is 6.92 Å². The average Bonchev–Trinajstić information content (AvgIpc) is 2.61. The maximum absolute atomic E-state index is 6.46. The Kier molecular flexibility index (Phi) is 8.23. The van der Waals surface area contributed by atoms with Crippen LogP contribution in [0.15, 0.2) is 36.4 Å². The van der Waals surface area contributed by atoms with Crippen LogP contribution in [0.5, 0.6) is 11.5 Å². The van der Waals surface area contributed by atoms with Gasteiger partial charge < -0.3 is 19.7 Å². The van der Waals surface area contributed by atoms with Crippen molar-refractivity contribution in [2.75, 3.05) is 33.8 Å². The molecule has 0 amide bonds. The molecule has 4 nitrogen and oxygen atoms in total. The molecule has 5 heteroatoms. The van der Waals surface area contributed by atoms with Gasteiger partial charge in [-0.2, -0.15) is 0 Å². The van der Waals surface area contributed by atoms with E-state index in [1.807, 2.05) is 19.1 Å². The molecule has 0 saturated heterocycles. The molecule has 26 heavy (non-hydrogen) atoms. The predicted octanol–water partition coefficient (Wildman–Crippen LogP) is 4.28. The Morgan fingerprint density at radius 1 is 1.04 bits per heavy atom. The highest BCUT2D eigenvalue weighted by molar-refractivity contribution is 6.31. The van der Waals surface area contributed by atoms with Crippen LogP contribution in [-0.2, 0) is 13.2 Å². The molecule has 0 aliphatic carbocycles. The van der Waals surface area contributed by atoms with E-state index in [-0.39, 0.29) is 0 Å². The number of benzene rings is 2. The van der Waals surface area contributed by atoms with Crippen LogP contribution in [0.25, 0.3) is 0 Å². The van der Waals surface area contributed by atoms with Crippen molar-refractivity contribution in [1.29, 1.82) is 0 Å². The summed E-state index contributed by atoms with van der Waals surface area (Å²) in [5.41, 5.74) is 3.36. The zero-order valence-electron chi connectivity index (χ0n) is 16.1. The number of hydrogen-bond donors (Lipinski definition) is 1. The van der Waals surface area contributed by atoms with Gasteiger partial charge in [-0.05, 0) is 45.1 Å². The summed E-state index contributed by atoms with van der Waals surface area (Å²) < 4.78 is 11.7. The van der Waals surface area contributed by atoms with E-state index < -0.39 is 0 Å². The highest BCUT2D eigenvalue weighted by Crippen LogP contribution is 2.34. The van der Waals surface area contributed by atoms with E-state index in [4.69, 9.17) is 21.1 Å². The van der Waals surface area contributed by atoms with Crippen molar-refractivity contribution in [1.82, 2.24) is 10.2 Å². The summed E-state index contributed by atoms with van der Waals surface area (Å²) in [5.74, 6) is 1.41. The normalized spacial score (nSPS) is 11.0. The van der Waals surface area contributed by atoms with E-state index in [9.17, 15) is 0 Å². The summed E-state index contributed by atoms with van der Waals surface area (Å²) in [7, 11) is 4.12. The first-order valence-electron chi connectivity index (χ1n) is 8.98. The number of rotatable bonds is 10. The second-order valence-corrected chi connectivity index (χ2v) is 6.98. The highest BCUT2D eigenvalue weighted by atomic mass is 35.5. The lowest BCUT2D eigenvalue weighted by Gasteiger charge is -2.16. The third-order valence-electron chi connectivity index (χ3n) is 3.98. The van der Waals surface area contributed by atoms with Crippen LogP contribution in [-0.4, -0.2) is 38.7 Å². The third kappa shape index (κ3) is 6.52. The van der Waals surface area contributed by atoms with E-state index in [2.05, 4.69) is 55.5 Å². The van der Waals surface area contributed by atoms with Crippen LogP contribution in [0.3, 0.4) is 0 Å². The molecule has 2 aromatic rings. The number of ether oxygens (including phenoxy) is 2. The number of hydrogen-bond acceptors (Lipinski definition) is 4. The lowest BCUT2D eigenvalue weighted by atomic mass is 10.1. The van der Waals surface area contributed by atoms with Crippen LogP contribution in [0.1, 0.15) is 23.6 Å². The van der Waals surface area contributed by atoms with Crippen LogP contribution in [0.4, 0.5) is 0 Å². The predicted molar refractivity (Wildman–Crippen MR) is 108 cm³/mol. The van der Waals surface area contributed by atoms with E-state index >= 15 is 0 Å². The van der Waals surface area contributed by atoms with Gasteiger partial charge in [0.1, 0.15) is 6.61 Å². The zero-order chi connectivity index (χ0) is 18.9. The molecule has 0 aliphatic heterocycles. The first-order chi connectivity index (χ1) is 12.5. The van der Waals surface area contributed by atoms with Gasteiger partial charge in [0.2, 0.25) is 0 Å². The monoisotopic (exact) mass is 376 g/mol. The quantitative estimate of drug-likeness (QED) is 0.627. The van der Waals surface area contributed by atoms with Gasteiger partial charge in [0.15, 0.2) is 11.5 Å². The fraction of sp³-hybridized carbons (Fsp3) is 0.429. The van der Waals surface area contributed by atoms with Crippen LogP contribution in [0.2, 0.25) is 5.02 Å². The van der Waals surface area contributed by atoms with E-state index in [1.165, 1.54) is 5.56 Å². The van der Waals surface area contributed by atoms with Crippen molar-refractivity contribution in [3.63, 3.8) is 0 Å². The molecule has 0 aliphatic rings. The van der Waals surface area contributed by atoms with Gasteiger partial charge >= 0.3 is 0 Å². The van der Waals surface area contributed by atoms with Gasteiger partial charge in [-0.3, -0.25) is 0 Å². The molecule has 0 radical (unpaired) electrons. The Bertz CT molecular complexity index is 687. The largest absolute Gasteiger partial charge is 0.490 e. The molecule has 0 heterocycles. The molecule has 2 aromatic carbocycles. The summed E-state index contributed by atoms with van der Waals surface area (Å²) in [6, 6.07) is 12.1. The summed E-state index contributed by atoms with van der Waals surface area (Å²) >= 11 is 6.46. The first-order valence-corrected chi connectivity index (χ1v) is 9.36. The molecule has 0 saturated carbocycles. The summed E-state index contributed by atoms with van der Waals surface area (Å²) in [4.78, 5) is 2.14. The Morgan fingerprint density at radius 3 is 2.38 bits per heavy atom. The Hall–Kier alpha value is -1.75. The average molecular weight is 377 g/mol. The summed E-state index contributed by atoms with van der Waals surface area (Å²) in [6.07, 6.45) is 0. The molecule has 0 unspecified atom stereocenters. The standard InChI is InChI=1S/C21H29ClN2O2/c1-5-25-20-12-18(14-23-10-11-24(3)4)19(22)13-21(20)26-15-17-8-6-16(2)7-9-17/h6-9,12-13,23H,5,10-11,14-15H2,1-4H3. The fourth-order valence-corrected chi connectivity index (χ4v) is 2.69. The second kappa shape index (κ2) is 10.4. The molecule has 0 aromatic heterocycles. The SMILES string of the molecule is CCOc1cc(CNCCN(C)C)c(Cl)cc1OCc1ccc(C)cc1. The van der Waals surface area contributed by atoms with Crippen molar-refractivity contribution in [2.24, 2.45) is 0 Å². The molecule has 0 spiro atoms. The molecular formula is C21H29ClN2O2. The van der Waals surface area contributed by atoms with Crippen LogP contribution >= 0.6 is 11.6 Å². The van der Waals surface area contributed by atoms with Gasteiger partial charge in [0.05, 0.1) is 6.61 Å². The van der Waals surface area contributed by atoms with E-state index in [0.717, 1.165) is 30.0 Å². The minimum atomic E-state index is 0.483. The molecule has 0 atom stereocenters. The summed E-state index contributed by atoms with van der Waals surface area (Å²) in [5, 5.41) is 4.09. The van der Waals surface area contributed by atoms with E-state index in [1.54, 1.807) is 0 Å². The number of nitrogens with zero attached hydrogens (tertiary/aromatic N) is 1. The number of likely N-dealkylation sites (N-methyl/N-ethyl adjacent to an activating group) is 1. The maximum Gasteiger partial charge on any atom is 0.163 e. The minimum absolute atomic E-state index is 0.483. The smallest absolute Gasteiger partial charge is 0.163 e. The molecular weight excluding hydrogens is 348 g/mol. The van der Waals surface area contributed by atoms with Gasteiger partial charge in [0, 0.05) is 30.7 Å². The number of nitrogens with one attached hydrogen (secondary N) is 1. The molecule has 2 rings (SSSR count). The number of aryl methyl sites for hydroxylation is 1. The van der Waals surface area contributed by atoms with Gasteiger partial charge in [-0.15, -0.1) is 0 Å². The minimum Gasteiger partial charge on any atom is -0.490 e. The Labute approximate surface area is 162 Å². The zero-order valence-corrected chi connectivity index (χ0v) is 16.9. The molecule has 0 fully saturated rings. The van der Waals surface area contributed by atoms with E-state index in [0.29, 0.717) is 30.5 Å².